The van der Waals surface area contributed by atoms with Gasteiger partial charge >= 0.3 is 11.9 Å². The molecule has 0 amide bonds. The first-order valence-electron chi connectivity index (χ1n) is 8.63. The number of ether oxygens (including phenoxy) is 3. The lowest BCUT2D eigenvalue weighted by Crippen LogP contribution is -2.24. The fraction of sp³-hybridized carbons (Fsp3) is 0.263. The van der Waals surface area contributed by atoms with Crippen LogP contribution in [0.2, 0.25) is 0 Å². The summed E-state index contributed by atoms with van der Waals surface area (Å²) in [4.78, 5) is 23.9. The third kappa shape index (κ3) is 4.42. The van der Waals surface area contributed by atoms with Crippen LogP contribution in [-0.2, 0) is 24.3 Å². The number of sulfonamides is 1. The molecule has 1 aliphatic heterocycles. The zero-order chi connectivity index (χ0) is 20.1. The smallest absolute Gasteiger partial charge is 0.347 e. The number of hydrogen-bond donors (Lipinski definition) is 1. The van der Waals surface area contributed by atoms with Crippen LogP contribution in [0.3, 0.4) is 0 Å². The fourth-order valence-electron chi connectivity index (χ4n) is 2.61. The van der Waals surface area contributed by atoms with Gasteiger partial charge in [0.15, 0.2) is 0 Å². The summed E-state index contributed by atoms with van der Waals surface area (Å²) in [6.45, 7) is 2.48. The van der Waals surface area contributed by atoms with Gasteiger partial charge in [0.25, 0.3) is 10.0 Å². The molecular weight excluding hydrogens is 386 g/mol. The molecule has 0 aliphatic carbocycles. The van der Waals surface area contributed by atoms with E-state index in [4.69, 9.17) is 14.2 Å². The van der Waals surface area contributed by atoms with Gasteiger partial charge in [0, 0.05) is 6.42 Å². The summed E-state index contributed by atoms with van der Waals surface area (Å²) in [5.41, 5.74) is 0.0458. The maximum Gasteiger partial charge on any atom is 0.347 e. The Bertz CT molecular complexity index is 970. The molecule has 8 nitrogen and oxygen atoms in total. The first-order valence-corrected chi connectivity index (χ1v) is 10.1. The molecule has 0 saturated carbocycles. The van der Waals surface area contributed by atoms with Crippen molar-refractivity contribution in [2.45, 2.75) is 24.3 Å². The summed E-state index contributed by atoms with van der Waals surface area (Å²) in [5.74, 6) is -0.872. The molecule has 148 valence electrons. The molecule has 9 heteroatoms. The minimum absolute atomic E-state index is 0.00304. The average Bonchev–Trinajstić information content (AvgIpc) is 3.07. The third-order valence-electron chi connectivity index (χ3n) is 3.97. The molecule has 1 aliphatic rings. The number of carbonyl (C=O) groups is 2. The number of hydrogen-bond acceptors (Lipinski definition) is 7. The topological polar surface area (TPSA) is 108 Å². The lowest BCUT2D eigenvalue weighted by molar-refractivity contribution is -0.145. The molecule has 1 atom stereocenters. The summed E-state index contributed by atoms with van der Waals surface area (Å²) in [6, 6.07) is 11.9. The molecular formula is C19H19NO7S. The first kappa shape index (κ1) is 19.7. The molecule has 0 bridgehead atoms. The molecule has 1 unspecified atom stereocenters. The van der Waals surface area contributed by atoms with Gasteiger partial charge in [-0.15, -0.1) is 0 Å². The molecule has 28 heavy (non-hydrogen) atoms. The van der Waals surface area contributed by atoms with Crippen LogP contribution in [0.4, 0.5) is 5.69 Å². The van der Waals surface area contributed by atoms with Crippen molar-refractivity contribution in [1.82, 2.24) is 0 Å². The molecule has 2 aromatic carbocycles. The first-order chi connectivity index (χ1) is 13.4. The second-order valence-corrected chi connectivity index (χ2v) is 7.59. The van der Waals surface area contributed by atoms with Crippen molar-refractivity contribution in [2.75, 3.05) is 17.9 Å². The van der Waals surface area contributed by atoms with E-state index < -0.39 is 28.1 Å². The monoisotopic (exact) mass is 405 g/mol. The number of esters is 2. The fourth-order valence-corrected chi connectivity index (χ4v) is 3.69. The second-order valence-electron chi connectivity index (χ2n) is 5.91. The van der Waals surface area contributed by atoms with Crippen LogP contribution in [0, 0.1) is 0 Å². The van der Waals surface area contributed by atoms with Crippen molar-refractivity contribution in [3.8, 4) is 5.75 Å². The summed E-state index contributed by atoms with van der Waals surface area (Å²) in [6.07, 6.45) is -0.715. The number of carbonyl (C=O) groups excluding carboxylic acids is 2. The van der Waals surface area contributed by atoms with E-state index in [-0.39, 0.29) is 29.2 Å². The Morgan fingerprint density at radius 3 is 2.54 bits per heavy atom. The largest absolute Gasteiger partial charge is 0.494 e. The highest BCUT2D eigenvalue weighted by atomic mass is 32.2. The molecule has 1 fully saturated rings. The Morgan fingerprint density at radius 2 is 1.89 bits per heavy atom. The number of rotatable bonds is 7. The summed E-state index contributed by atoms with van der Waals surface area (Å²) < 4.78 is 42.9. The molecule has 1 N–H and O–H groups in total. The second kappa shape index (κ2) is 8.30. The number of nitrogens with one attached hydrogen (secondary N) is 1. The number of benzene rings is 2. The number of anilines is 1. The highest BCUT2D eigenvalue weighted by Crippen LogP contribution is 2.23. The Hall–Kier alpha value is -3.07. The van der Waals surface area contributed by atoms with Gasteiger partial charge < -0.3 is 14.2 Å². The Labute approximate surface area is 162 Å². The molecule has 3 rings (SSSR count). The molecule has 0 spiro atoms. The predicted molar refractivity (Wildman–Crippen MR) is 99.6 cm³/mol. The quantitative estimate of drug-likeness (QED) is 0.705. The Balaban J connectivity index is 1.80. The van der Waals surface area contributed by atoms with Crippen molar-refractivity contribution in [2.24, 2.45) is 0 Å². The van der Waals surface area contributed by atoms with Crippen LogP contribution >= 0.6 is 0 Å². The highest BCUT2D eigenvalue weighted by molar-refractivity contribution is 7.92. The summed E-state index contributed by atoms with van der Waals surface area (Å²) in [5, 5.41) is 0. The van der Waals surface area contributed by atoms with Crippen LogP contribution in [0.5, 0.6) is 5.75 Å². The lowest BCUT2D eigenvalue weighted by atomic mass is 10.2. The van der Waals surface area contributed by atoms with Crippen LogP contribution in [0.25, 0.3) is 0 Å². The van der Waals surface area contributed by atoms with Crippen molar-refractivity contribution >= 4 is 27.6 Å². The summed E-state index contributed by atoms with van der Waals surface area (Å²) in [7, 11) is -3.94. The number of para-hydroxylation sites is 1. The lowest BCUT2D eigenvalue weighted by Gasteiger charge is -2.14. The standard InChI is InChI=1S/C19H19NO7S/c1-2-25-13-7-9-14(10-8-13)28(23,24)20-16-6-4-3-5-15(16)18(21)27-17-11-12-26-19(17)22/h3-10,17,20H,2,11-12H2,1H3. The van der Waals surface area contributed by atoms with E-state index in [9.17, 15) is 18.0 Å². The van der Waals surface area contributed by atoms with Crippen LogP contribution in [0.15, 0.2) is 53.4 Å². The van der Waals surface area contributed by atoms with Gasteiger partial charge in [-0.05, 0) is 43.3 Å². The predicted octanol–water partition coefficient (Wildman–Crippen LogP) is 2.36. The van der Waals surface area contributed by atoms with Gasteiger partial charge in [0.05, 0.1) is 29.4 Å². The molecule has 0 radical (unpaired) electrons. The van der Waals surface area contributed by atoms with Gasteiger partial charge in [-0.25, -0.2) is 18.0 Å². The van der Waals surface area contributed by atoms with E-state index in [0.717, 1.165) is 0 Å². The van der Waals surface area contributed by atoms with E-state index in [0.29, 0.717) is 12.4 Å². The van der Waals surface area contributed by atoms with E-state index in [1.54, 1.807) is 24.3 Å². The van der Waals surface area contributed by atoms with Crippen LogP contribution < -0.4 is 9.46 Å². The van der Waals surface area contributed by atoms with Crippen LogP contribution in [-0.4, -0.2) is 39.7 Å². The molecule has 2 aromatic rings. The Morgan fingerprint density at radius 1 is 1.18 bits per heavy atom. The van der Waals surface area contributed by atoms with Crippen molar-refractivity contribution in [1.29, 1.82) is 0 Å². The van der Waals surface area contributed by atoms with E-state index in [1.165, 1.54) is 24.3 Å². The molecule has 1 saturated heterocycles. The Kier molecular flexibility index (Phi) is 5.84. The third-order valence-corrected chi connectivity index (χ3v) is 5.35. The average molecular weight is 405 g/mol. The zero-order valence-corrected chi connectivity index (χ0v) is 15.9. The minimum atomic E-state index is -3.94. The van der Waals surface area contributed by atoms with Gasteiger partial charge in [-0.3, -0.25) is 4.72 Å². The van der Waals surface area contributed by atoms with E-state index in [1.807, 2.05) is 6.92 Å². The zero-order valence-electron chi connectivity index (χ0n) is 15.1. The normalized spacial score (nSPS) is 16.3. The molecule has 1 heterocycles. The van der Waals surface area contributed by atoms with Crippen molar-refractivity contribution < 1.29 is 32.2 Å². The van der Waals surface area contributed by atoms with E-state index >= 15 is 0 Å². The number of cyclic esters (lactones) is 1. The molecule has 0 aromatic heterocycles. The summed E-state index contributed by atoms with van der Waals surface area (Å²) >= 11 is 0. The van der Waals surface area contributed by atoms with Crippen molar-refractivity contribution in [3.63, 3.8) is 0 Å². The minimum Gasteiger partial charge on any atom is -0.494 e. The van der Waals surface area contributed by atoms with Gasteiger partial charge in [0.1, 0.15) is 5.75 Å². The maximum absolute atomic E-state index is 12.7. The van der Waals surface area contributed by atoms with Gasteiger partial charge in [0.2, 0.25) is 6.10 Å². The highest BCUT2D eigenvalue weighted by Gasteiger charge is 2.31. The van der Waals surface area contributed by atoms with Crippen molar-refractivity contribution in [3.05, 3.63) is 54.1 Å². The van der Waals surface area contributed by atoms with E-state index in [2.05, 4.69) is 4.72 Å². The maximum atomic E-state index is 12.7. The van der Waals surface area contributed by atoms with Crippen LogP contribution in [0.1, 0.15) is 23.7 Å². The van der Waals surface area contributed by atoms with Gasteiger partial charge in [-0.1, -0.05) is 12.1 Å². The SMILES string of the molecule is CCOc1ccc(S(=O)(=O)Nc2ccccc2C(=O)OC2CCOC2=O)cc1. The van der Waals surface area contributed by atoms with Gasteiger partial charge in [-0.2, -0.15) is 0 Å².